The number of unbranched alkanes of at least 4 members (excludes halogenated alkanes) is 1. The number of imidazole rings is 1. The number of nitrogens with one attached hydrogen (secondary N) is 1. The number of aromatic amines is 1. The molecule has 2 rings (SSSR count). The zero-order chi connectivity index (χ0) is 15.6. The molecule has 21 heavy (non-hydrogen) atoms. The highest BCUT2D eigenvalue weighted by Gasteiger charge is 2.13. The molecular weight excluding hydrogens is 272 g/mol. The van der Waals surface area contributed by atoms with E-state index in [1.54, 1.807) is 14.0 Å². The Morgan fingerprint density at radius 3 is 2.76 bits per heavy atom. The highest BCUT2D eigenvalue weighted by Crippen LogP contribution is 2.09. The fourth-order valence-corrected chi connectivity index (χ4v) is 2.31. The molecule has 0 aliphatic rings. The van der Waals surface area contributed by atoms with E-state index in [-0.39, 0.29) is 23.0 Å². The topological polar surface area (TPSA) is 89.8 Å². The molecule has 0 aromatic carbocycles. The lowest BCUT2D eigenvalue weighted by Crippen LogP contribution is -2.39. The molecule has 0 spiro atoms. The fourth-order valence-electron chi connectivity index (χ4n) is 2.31. The lowest BCUT2D eigenvalue weighted by Gasteiger charge is -2.09. The van der Waals surface area contributed by atoms with Crippen molar-refractivity contribution in [2.24, 2.45) is 13.0 Å². The minimum Gasteiger partial charge on any atom is -0.339 e. The Labute approximate surface area is 121 Å². The molecule has 0 radical (unpaired) electrons. The van der Waals surface area contributed by atoms with Gasteiger partial charge in [0.15, 0.2) is 5.65 Å². The van der Waals surface area contributed by atoms with Gasteiger partial charge in [-0.25, -0.2) is 9.78 Å². The zero-order valence-electron chi connectivity index (χ0n) is 12.5. The molecule has 2 heterocycles. The summed E-state index contributed by atoms with van der Waals surface area (Å²) in [5.74, 6) is 0.196. The predicted octanol–water partition coefficient (Wildman–Crippen LogP) is 0.819. The molecule has 2 aromatic heterocycles. The molecule has 114 valence electrons. The lowest BCUT2D eigenvalue weighted by atomic mass is 10.0. The van der Waals surface area contributed by atoms with Gasteiger partial charge in [0.2, 0.25) is 0 Å². The van der Waals surface area contributed by atoms with Gasteiger partial charge in [0.05, 0.1) is 6.33 Å². The number of nitrogens with zero attached hydrogens (tertiary/aromatic N) is 3. The number of hydrogen-bond donors (Lipinski definition) is 1. The fraction of sp³-hybridized carbons (Fsp3) is 0.571. The average Bonchev–Trinajstić information content (AvgIpc) is 2.93. The summed E-state index contributed by atoms with van der Waals surface area (Å²) in [4.78, 5) is 42.3. The van der Waals surface area contributed by atoms with Gasteiger partial charge < -0.3 is 4.98 Å². The molecule has 0 saturated carbocycles. The van der Waals surface area contributed by atoms with Crippen molar-refractivity contribution < 1.29 is 4.79 Å². The monoisotopic (exact) mass is 292 g/mol. The number of hydrogen-bond acceptors (Lipinski definition) is 4. The number of ketones is 1. The minimum absolute atomic E-state index is 0.0274. The van der Waals surface area contributed by atoms with Gasteiger partial charge in [0.25, 0.3) is 5.56 Å². The second-order valence-electron chi connectivity index (χ2n) is 5.41. The zero-order valence-corrected chi connectivity index (χ0v) is 12.5. The van der Waals surface area contributed by atoms with Crippen molar-refractivity contribution in [3.8, 4) is 0 Å². The van der Waals surface area contributed by atoms with Gasteiger partial charge in [-0.1, -0.05) is 13.3 Å². The van der Waals surface area contributed by atoms with Crippen LogP contribution in [0.25, 0.3) is 11.2 Å². The van der Waals surface area contributed by atoms with Gasteiger partial charge in [0, 0.05) is 19.5 Å². The number of fused-ring (bicyclic) bond motifs is 1. The van der Waals surface area contributed by atoms with Crippen molar-refractivity contribution in [3.63, 3.8) is 0 Å². The van der Waals surface area contributed by atoms with E-state index in [0.717, 1.165) is 12.8 Å². The van der Waals surface area contributed by atoms with E-state index in [1.807, 2.05) is 6.92 Å². The molecule has 0 fully saturated rings. The molecule has 0 saturated heterocycles. The van der Waals surface area contributed by atoms with Crippen molar-refractivity contribution in [1.82, 2.24) is 19.1 Å². The van der Waals surface area contributed by atoms with E-state index in [1.165, 1.54) is 15.5 Å². The minimum atomic E-state index is -0.362. The van der Waals surface area contributed by atoms with E-state index in [4.69, 9.17) is 0 Å². The molecule has 7 nitrogen and oxygen atoms in total. The van der Waals surface area contributed by atoms with Gasteiger partial charge in [-0.2, -0.15) is 0 Å². The van der Waals surface area contributed by atoms with Crippen LogP contribution in [0.3, 0.4) is 0 Å². The van der Waals surface area contributed by atoms with E-state index in [0.29, 0.717) is 24.1 Å². The molecule has 0 amide bonds. The summed E-state index contributed by atoms with van der Waals surface area (Å²) < 4.78 is 2.59. The summed E-state index contributed by atoms with van der Waals surface area (Å²) in [5.41, 5.74) is 0.00471. The molecule has 1 atom stereocenters. The van der Waals surface area contributed by atoms with Gasteiger partial charge >= 0.3 is 5.69 Å². The summed E-state index contributed by atoms with van der Waals surface area (Å²) in [5, 5.41) is 0. The first-order valence-corrected chi connectivity index (χ1v) is 7.06. The van der Waals surface area contributed by atoms with Crippen LogP contribution < -0.4 is 11.2 Å². The third kappa shape index (κ3) is 2.96. The Hall–Kier alpha value is -2.18. The Morgan fingerprint density at radius 2 is 2.10 bits per heavy atom. The first kappa shape index (κ1) is 15.2. The highest BCUT2D eigenvalue weighted by molar-refractivity contribution is 5.77. The Kier molecular flexibility index (Phi) is 4.40. The van der Waals surface area contributed by atoms with Crippen LogP contribution in [0.2, 0.25) is 0 Å². The van der Waals surface area contributed by atoms with Crippen LogP contribution in [0.5, 0.6) is 0 Å². The van der Waals surface area contributed by atoms with E-state index in [2.05, 4.69) is 9.97 Å². The van der Waals surface area contributed by atoms with Crippen LogP contribution in [0.1, 0.15) is 33.1 Å². The van der Waals surface area contributed by atoms with Crippen LogP contribution in [0.4, 0.5) is 0 Å². The van der Waals surface area contributed by atoms with Crippen LogP contribution in [0, 0.1) is 5.92 Å². The molecular formula is C14H20N4O3. The largest absolute Gasteiger partial charge is 0.339 e. The summed E-state index contributed by atoms with van der Waals surface area (Å²) in [6, 6.07) is 0. The van der Waals surface area contributed by atoms with Crippen molar-refractivity contribution in [3.05, 3.63) is 27.2 Å². The van der Waals surface area contributed by atoms with Crippen LogP contribution >= 0.6 is 0 Å². The van der Waals surface area contributed by atoms with Gasteiger partial charge in [-0.05, 0) is 19.8 Å². The summed E-state index contributed by atoms with van der Waals surface area (Å²) >= 11 is 0. The van der Waals surface area contributed by atoms with Crippen molar-refractivity contribution in [2.75, 3.05) is 0 Å². The molecule has 7 heteroatoms. The highest BCUT2D eigenvalue weighted by atomic mass is 16.2. The maximum absolute atomic E-state index is 12.2. The van der Waals surface area contributed by atoms with Gasteiger partial charge in [-0.3, -0.25) is 18.7 Å². The Morgan fingerprint density at radius 1 is 1.38 bits per heavy atom. The van der Waals surface area contributed by atoms with E-state index < -0.39 is 0 Å². The number of Topliss-reactive ketones (excluding diaryl/α,β-unsaturated/α-hetero) is 1. The maximum atomic E-state index is 12.2. The first-order valence-electron chi connectivity index (χ1n) is 7.06. The van der Waals surface area contributed by atoms with Gasteiger partial charge in [0.1, 0.15) is 11.3 Å². The van der Waals surface area contributed by atoms with E-state index in [9.17, 15) is 14.4 Å². The van der Waals surface area contributed by atoms with Crippen LogP contribution in [-0.2, 0) is 18.4 Å². The van der Waals surface area contributed by atoms with Crippen molar-refractivity contribution in [2.45, 2.75) is 39.7 Å². The van der Waals surface area contributed by atoms with Crippen molar-refractivity contribution in [1.29, 1.82) is 0 Å². The third-order valence-electron chi connectivity index (χ3n) is 3.88. The number of aromatic nitrogens is 4. The van der Waals surface area contributed by atoms with E-state index >= 15 is 0 Å². The average molecular weight is 292 g/mol. The summed E-state index contributed by atoms with van der Waals surface area (Å²) in [7, 11) is 1.60. The van der Waals surface area contributed by atoms with Gasteiger partial charge in [-0.15, -0.1) is 0 Å². The van der Waals surface area contributed by atoms with Crippen LogP contribution in [0.15, 0.2) is 15.9 Å². The number of rotatable bonds is 6. The number of carbonyl (C=O) groups is 1. The molecule has 0 bridgehead atoms. The normalized spacial score (nSPS) is 12.7. The molecule has 0 aliphatic carbocycles. The SMILES string of the molecule is CC(=O)C(C)CCCCn1c(=O)c2[nH]cnc2n(C)c1=O. The quantitative estimate of drug-likeness (QED) is 0.798. The summed E-state index contributed by atoms with van der Waals surface area (Å²) in [6.45, 7) is 3.83. The first-order chi connectivity index (χ1) is 9.93. The number of H-pyrrole nitrogens is 1. The molecule has 1 N–H and O–H groups in total. The van der Waals surface area contributed by atoms with Crippen molar-refractivity contribution >= 4 is 16.9 Å². The number of aryl methyl sites for hydroxylation is 1. The molecule has 0 aliphatic heterocycles. The number of carbonyl (C=O) groups excluding carboxylic acids is 1. The predicted molar refractivity (Wildman–Crippen MR) is 79.3 cm³/mol. The second-order valence-corrected chi connectivity index (χ2v) is 5.41. The maximum Gasteiger partial charge on any atom is 0.332 e. The standard InChI is InChI=1S/C14H20N4O3/c1-9(10(2)19)6-4-5-7-18-13(20)11-12(16-8-15-11)17(3)14(18)21/h8-9H,4-7H2,1-3H3,(H,15,16). The Balaban J connectivity index is 2.14. The lowest BCUT2D eigenvalue weighted by molar-refractivity contribution is -0.120. The smallest absolute Gasteiger partial charge is 0.332 e. The summed E-state index contributed by atoms with van der Waals surface area (Å²) in [6.07, 6.45) is 3.67. The molecule has 2 aromatic rings. The Bertz CT molecular complexity index is 769. The molecule has 1 unspecified atom stereocenters. The second kappa shape index (κ2) is 6.07. The third-order valence-corrected chi connectivity index (χ3v) is 3.88. The van der Waals surface area contributed by atoms with Crippen LogP contribution in [-0.4, -0.2) is 24.9 Å².